The van der Waals surface area contributed by atoms with Gasteiger partial charge in [0.15, 0.2) is 0 Å². The number of aliphatic carboxylic acids is 1. The van der Waals surface area contributed by atoms with Gasteiger partial charge in [-0.2, -0.15) is 5.26 Å². The molecule has 0 amide bonds. The molecule has 1 aromatic carbocycles. The Kier molecular flexibility index (Phi) is 4.18. The Labute approximate surface area is 113 Å². The van der Waals surface area contributed by atoms with Gasteiger partial charge >= 0.3 is 5.97 Å². The third-order valence-corrected chi connectivity index (χ3v) is 3.92. The van der Waals surface area contributed by atoms with E-state index >= 15 is 0 Å². The molecule has 4 heteroatoms. The SMILES string of the molecule is CC(c1cccc(C#N)c1)N1CCC(C(=O)O)CC1. The van der Waals surface area contributed by atoms with Crippen LogP contribution >= 0.6 is 0 Å². The summed E-state index contributed by atoms with van der Waals surface area (Å²) in [4.78, 5) is 13.2. The molecule has 1 aliphatic rings. The molecule has 0 saturated carbocycles. The quantitative estimate of drug-likeness (QED) is 0.904. The van der Waals surface area contributed by atoms with Crippen molar-refractivity contribution in [3.8, 4) is 6.07 Å². The maximum atomic E-state index is 10.9. The molecule has 1 aromatic rings. The summed E-state index contributed by atoms with van der Waals surface area (Å²) in [5.74, 6) is -0.882. The molecular weight excluding hydrogens is 240 g/mol. The van der Waals surface area contributed by atoms with Crippen LogP contribution < -0.4 is 0 Å². The van der Waals surface area contributed by atoms with Crippen molar-refractivity contribution in [1.29, 1.82) is 5.26 Å². The second-order valence-corrected chi connectivity index (χ2v) is 5.06. The summed E-state index contributed by atoms with van der Waals surface area (Å²) in [6.07, 6.45) is 1.41. The summed E-state index contributed by atoms with van der Waals surface area (Å²) in [7, 11) is 0. The van der Waals surface area contributed by atoms with Gasteiger partial charge in [0.05, 0.1) is 17.6 Å². The van der Waals surface area contributed by atoms with Crippen molar-refractivity contribution in [3.05, 3.63) is 35.4 Å². The molecule has 1 unspecified atom stereocenters. The Hall–Kier alpha value is -1.86. The van der Waals surface area contributed by atoms with E-state index in [0.29, 0.717) is 18.4 Å². The third-order valence-electron chi connectivity index (χ3n) is 3.92. The number of likely N-dealkylation sites (tertiary alicyclic amines) is 1. The lowest BCUT2D eigenvalue weighted by Gasteiger charge is -2.35. The Morgan fingerprint density at radius 2 is 2.16 bits per heavy atom. The van der Waals surface area contributed by atoms with E-state index in [1.54, 1.807) is 6.07 Å². The van der Waals surface area contributed by atoms with Crippen LogP contribution in [0.5, 0.6) is 0 Å². The summed E-state index contributed by atoms with van der Waals surface area (Å²) in [6, 6.07) is 10.0. The molecule has 0 aliphatic carbocycles. The monoisotopic (exact) mass is 258 g/mol. The van der Waals surface area contributed by atoms with Gasteiger partial charge in [-0.05, 0) is 50.6 Å². The van der Waals surface area contributed by atoms with Crippen LogP contribution in [0.4, 0.5) is 0 Å². The number of hydrogen-bond acceptors (Lipinski definition) is 3. The average molecular weight is 258 g/mol. The van der Waals surface area contributed by atoms with Crippen molar-refractivity contribution in [2.75, 3.05) is 13.1 Å². The van der Waals surface area contributed by atoms with E-state index in [0.717, 1.165) is 18.7 Å². The summed E-state index contributed by atoms with van der Waals surface area (Å²) in [6.45, 7) is 3.71. The molecular formula is C15H18N2O2. The van der Waals surface area contributed by atoms with Crippen LogP contribution in [0.15, 0.2) is 24.3 Å². The lowest BCUT2D eigenvalue weighted by molar-refractivity contribution is -0.143. The minimum Gasteiger partial charge on any atom is -0.481 e. The highest BCUT2D eigenvalue weighted by Gasteiger charge is 2.27. The van der Waals surface area contributed by atoms with Crippen molar-refractivity contribution in [2.45, 2.75) is 25.8 Å². The first-order valence-electron chi connectivity index (χ1n) is 6.58. The molecule has 100 valence electrons. The number of carboxylic acids is 1. The van der Waals surface area contributed by atoms with Gasteiger partial charge < -0.3 is 5.11 Å². The molecule has 1 atom stereocenters. The van der Waals surface area contributed by atoms with Crippen LogP contribution in [0.25, 0.3) is 0 Å². The minimum absolute atomic E-state index is 0.200. The fourth-order valence-electron chi connectivity index (χ4n) is 2.61. The first kappa shape index (κ1) is 13.6. The maximum Gasteiger partial charge on any atom is 0.306 e. The van der Waals surface area contributed by atoms with Crippen molar-refractivity contribution >= 4 is 5.97 Å². The van der Waals surface area contributed by atoms with Crippen molar-refractivity contribution in [1.82, 2.24) is 4.90 Å². The van der Waals surface area contributed by atoms with E-state index in [9.17, 15) is 4.79 Å². The van der Waals surface area contributed by atoms with Gasteiger partial charge in [-0.1, -0.05) is 12.1 Å². The highest BCUT2D eigenvalue weighted by molar-refractivity contribution is 5.70. The van der Waals surface area contributed by atoms with Gasteiger partial charge in [0.2, 0.25) is 0 Å². The molecule has 1 aliphatic heterocycles. The molecule has 1 N–H and O–H groups in total. The predicted octanol–water partition coefficient (Wildman–Crippen LogP) is 2.42. The zero-order valence-corrected chi connectivity index (χ0v) is 11.0. The minimum atomic E-state index is -0.682. The first-order valence-corrected chi connectivity index (χ1v) is 6.58. The van der Waals surface area contributed by atoms with Gasteiger partial charge in [-0.15, -0.1) is 0 Å². The lowest BCUT2D eigenvalue weighted by atomic mass is 9.94. The molecule has 4 nitrogen and oxygen atoms in total. The molecule has 0 bridgehead atoms. The van der Waals surface area contributed by atoms with E-state index in [4.69, 9.17) is 10.4 Å². The van der Waals surface area contributed by atoms with E-state index in [2.05, 4.69) is 17.9 Å². The van der Waals surface area contributed by atoms with Gasteiger partial charge in [0.1, 0.15) is 0 Å². The van der Waals surface area contributed by atoms with Crippen LogP contribution in [0.3, 0.4) is 0 Å². The second-order valence-electron chi connectivity index (χ2n) is 5.06. The van der Waals surface area contributed by atoms with Crippen molar-refractivity contribution in [2.24, 2.45) is 5.92 Å². The van der Waals surface area contributed by atoms with E-state index in [-0.39, 0.29) is 12.0 Å². The van der Waals surface area contributed by atoms with Crippen LogP contribution in [0, 0.1) is 17.2 Å². The molecule has 0 radical (unpaired) electrons. The number of piperidine rings is 1. The topological polar surface area (TPSA) is 64.3 Å². The smallest absolute Gasteiger partial charge is 0.306 e. The lowest BCUT2D eigenvalue weighted by Crippen LogP contribution is -2.37. The summed E-state index contributed by atoms with van der Waals surface area (Å²) >= 11 is 0. The fraction of sp³-hybridized carbons (Fsp3) is 0.467. The average Bonchev–Trinajstić information content (AvgIpc) is 2.46. The number of carbonyl (C=O) groups is 1. The molecule has 19 heavy (non-hydrogen) atoms. The van der Waals surface area contributed by atoms with Crippen LogP contribution in [-0.4, -0.2) is 29.1 Å². The van der Waals surface area contributed by atoms with Crippen molar-refractivity contribution in [3.63, 3.8) is 0 Å². The molecule has 2 rings (SSSR count). The van der Waals surface area contributed by atoms with Crippen LogP contribution in [-0.2, 0) is 4.79 Å². The van der Waals surface area contributed by atoms with E-state index in [1.165, 1.54) is 0 Å². The fourth-order valence-corrected chi connectivity index (χ4v) is 2.61. The highest BCUT2D eigenvalue weighted by atomic mass is 16.4. The summed E-state index contributed by atoms with van der Waals surface area (Å²) in [5, 5.41) is 17.9. The van der Waals surface area contributed by atoms with Gasteiger partial charge in [0, 0.05) is 6.04 Å². The predicted molar refractivity (Wildman–Crippen MR) is 71.5 cm³/mol. The third kappa shape index (κ3) is 3.12. The normalized spacial score (nSPS) is 18.7. The second kappa shape index (κ2) is 5.85. The molecule has 0 spiro atoms. The standard InChI is InChI=1S/C15H18N2O2/c1-11(14-4-2-3-12(9-14)10-16)17-7-5-13(6-8-17)15(18)19/h2-4,9,11,13H,5-8H2,1H3,(H,18,19). The molecule has 1 fully saturated rings. The first-order chi connectivity index (χ1) is 9.11. The molecule has 0 aromatic heterocycles. The summed E-state index contributed by atoms with van der Waals surface area (Å²) < 4.78 is 0. The number of rotatable bonds is 3. The number of nitrogens with zero attached hydrogens (tertiary/aromatic N) is 2. The zero-order chi connectivity index (χ0) is 13.8. The van der Waals surface area contributed by atoms with Crippen molar-refractivity contribution < 1.29 is 9.90 Å². The largest absolute Gasteiger partial charge is 0.481 e. The summed E-state index contributed by atoms with van der Waals surface area (Å²) in [5.41, 5.74) is 1.79. The Balaban J connectivity index is 2.03. The van der Waals surface area contributed by atoms with Gasteiger partial charge in [-0.25, -0.2) is 0 Å². The highest BCUT2D eigenvalue weighted by Crippen LogP contribution is 2.27. The van der Waals surface area contributed by atoms with Crippen LogP contribution in [0.1, 0.15) is 36.9 Å². The Morgan fingerprint density at radius 1 is 1.47 bits per heavy atom. The van der Waals surface area contributed by atoms with E-state index in [1.807, 2.05) is 18.2 Å². The number of nitriles is 1. The van der Waals surface area contributed by atoms with E-state index < -0.39 is 5.97 Å². The Morgan fingerprint density at radius 3 is 2.74 bits per heavy atom. The Bertz CT molecular complexity index is 499. The zero-order valence-electron chi connectivity index (χ0n) is 11.0. The van der Waals surface area contributed by atoms with Gasteiger partial charge in [0.25, 0.3) is 0 Å². The number of hydrogen-bond donors (Lipinski definition) is 1. The van der Waals surface area contributed by atoms with Crippen LogP contribution in [0.2, 0.25) is 0 Å². The number of carboxylic acid groups (broad SMARTS) is 1. The molecule has 1 heterocycles. The molecule has 1 saturated heterocycles. The van der Waals surface area contributed by atoms with Gasteiger partial charge in [-0.3, -0.25) is 9.69 Å². The number of benzene rings is 1. The maximum absolute atomic E-state index is 10.9.